The zero-order valence-corrected chi connectivity index (χ0v) is 18.3. The van der Waals surface area contributed by atoms with Crippen LogP contribution < -0.4 is 9.47 Å². The minimum atomic E-state index is -0.720. The highest BCUT2D eigenvalue weighted by Crippen LogP contribution is 2.41. The first-order valence-electron chi connectivity index (χ1n) is 10.1. The Labute approximate surface area is 182 Å². The Hall–Kier alpha value is -3.32. The summed E-state index contributed by atoms with van der Waals surface area (Å²) in [5, 5.41) is 11.0. The number of hydrogen-bond acceptors (Lipinski definition) is 6. The van der Waals surface area contributed by atoms with Gasteiger partial charge in [0.1, 0.15) is 5.76 Å². The Bertz CT molecular complexity index is 985. The lowest BCUT2D eigenvalue weighted by molar-refractivity contribution is -0.139. The molecule has 1 aliphatic rings. The van der Waals surface area contributed by atoms with Gasteiger partial charge in [0.05, 0.1) is 25.8 Å². The molecule has 7 nitrogen and oxygen atoms in total. The second-order valence-corrected chi connectivity index (χ2v) is 7.63. The van der Waals surface area contributed by atoms with Crippen LogP contribution in [0, 0.1) is 0 Å². The Kier molecular flexibility index (Phi) is 6.97. The summed E-state index contributed by atoms with van der Waals surface area (Å²) in [4.78, 5) is 29.5. The molecule has 2 aromatic carbocycles. The smallest absolute Gasteiger partial charge is 0.295 e. The van der Waals surface area contributed by atoms with E-state index in [2.05, 4.69) is 0 Å². The third kappa shape index (κ3) is 4.56. The molecule has 0 bridgehead atoms. The molecule has 0 spiro atoms. The van der Waals surface area contributed by atoms with Gasteiger partial charge in [0.2, 0.25) is 0 Å². The zero-order valence-electron chi connectivity index (χ0n) is 18.3. The number of hydrogen-bond donors (Lipinski definition) is 1. The normalized spacial score (nSPS) is 18.0. The fourth-order valence-corrected chi connectivity index (χ4v) is 3.79. The number of ketones is 1. The fourth-order valence-electron chi connectivity index (χ4n) is 3.79. The van der Waals surface area contributed by atoms with Crippen molar-refractivity contribution in [2.24, 2.45) is 0 Å². The van der Waals surface area contributed by atoms with E-state index in [1.165, 1.54) is 12.0 Å². The van der Waals surface area contributed by atoms with Crippen molar-refractivity contribution >= 4 is 17.4 Å². The van der Waals surface area contributed by atoms with Crippen LogP contribution in [-0.2, 0) is 9.59 Å². The first-order chi connectivity index (χ1) is 14.9. The van der Waals surface area contributed by atoms with Crippen molar-refractivity contribution in [3.63, 3.8) is 0 Å². The predicted molar refractivity (Wildman–Crippen MR) is 118 cm³/mol. The maximum Gasteiger partial charge on any atom is 0.295 e. The van der Waals surface area contributed by atoms with Crippen LogP contribution in [0.2, 0.25) is 0 Å². The van der Waals surface area contributed by atoms with Crippen molar-refractivity contribution in [3.05, 3.63) is 65.2 Å². The summed E-state index contributed by atoms with van der Waals surface area (Å²) in [6.07, 6.45) is 0.690. The van der Waals surface area contributed by atoms with Gasteiger partial charge in [-0.1, -0.05) is 36.4 Å². The van der Waals surface area contributed by atoms with Gasteiger partial charge in [-0.25, -0.2) is 0 Å². The molecule has 0 saturated carbocycles. The molecule has 3 rings (SSSR count). The summed E-state index contributed by atoms with van der Waals surface area (Å²) in [7, 11) is 6.98. The lowest BCUT2D eigenvalue weighted by atomic mass is 9.95. The molecule has 0 aromatic heterocycles. The number of carbonyl (C=O) groups is 2. The lowest BCUT2D eigenvalue weighted by Gasteiger charge is -2.26. The van der Waals surface area contributed by atoms with Crippen LogP contribution in [0.25, 0.3) is 5.76 Å². The quantitative estimate of drug-likeness (QED) is 0.399. The number of Topliss-reactive ketones (excluding diaryl/α,β-unsaturated/α-hetero) is 1. The van der Waals surface area contributed by atoms with Crippen LogP contribution in [0.5, 0.6) is 11.5 Å². The number of ether oxygens (including phenoxy) is 2. The molecule has 0 radical (unpaired) electrons. The second-order valence-electron chi connectivity index (χ2n) is 7.63. The third-order valence-electron chi connectivity index (χ3n) is 5.31. The molecule has 1 amide bonds. The van der Waals surface area contributed by atoms with Crippen LogP contribution in [0.3, 0.4) is 0 Å². The van der Waals surface area contributed by atoms with Gasteiger partial charge in [0, 0.05) is 12.1 Å². The molecular formula is C24H28N2O5. The number of nitrogens with zero attached hydrogens (tertiary/aromatic N) is 2. The number of methoxy groups -OCH3 is 2. The fraction of sp³-hybridized carbons (Fsp3) is 0.333. The van der Waals surface area contributed by atoms with Crippen molar-refractivity contribution in [3.8, 4) is 11.5 Å². The number of aliphatic hydroxyl groups is 1. The van der Waals surface area contributed by atoms with E-state index in [1.54, 1.807) is 49.6 Å². The number of benzene rings is 2. The number of likely N-dealkylation sites (tertiary alicyclic amines) is 1. The molecule has 0 aliphatic carbocycles. The van der Waals surface area contributed by atoms with Crippen molar-refractivity contribution in [2.45, 2.75) is 12.5 Å². The highest BCUT2D eigenvalue weighted by Gasteiger charge is 2.46. The van der Waals surface area contributed by atoms with Crippen LogP contribution in [-0.4, -0.2) is 68.0 Å². The van der Waals surface area contributed by atoms with Crippen LogP contribution >= 0.6 is 0 Å². The monoisotopic (exact) mass is 424 g/mol. The number of carbonyl (C=O) groups excluding carboxylic acids is 2. The molecule has 1 atom stereocenters. The van der Waals surface area contributed by atoms with Crippen molar-refractivity contribution in [2.75, 3.05) is 41.4 Å². The van der Waals surface area contributed by atoms with Crippen LogP contribution in [0.15, 0.2) is 54.1 Å². The molecule has 1 N–H and O–H groups in total. The van der Waals surface area contributed by atoms with E-state index in [1.807, 2.05) is 25.1 Å². The molecule has 1 saturated heterocycles. The van der Waals surface area contributed by atoms with E-state index >= 15 is 0 Å². The summed E-state index contributed by atoms with van der Waals surface area (Å²) in [6, 6.07) is 13.3. The van der Waals surface area contributed by atoms with E-state index < -0.39 is 17.7 Å². The Morgan fingerprint density at radius 3 is 2.32 bits per heavy atom. The van der Waals surface area contributed by atoms with Crippen LogP contribution in [0.1, 0.15) is 23.6 Å². The van der Waals surface area contributed by atoms with E-state index in [0.717, 1.165) is 6.54 Å². The van der Waals surface area contributed by atoms with Gasteiger partial charge in [-0.3, -0.25) is 9.59 Å². The standard InChI is InChI=1S/C24H28N2O5/c1-25(2)13-8-14-26-21(17-11-12-18(30-3)19(15-17)31-4)20(23(28)24(26)29)22(27)16-9-6-5-7-10-16/h5-7,9-12,15,21,27H,8,13-14H2,1-4H3/b22-20+. The highest BCUT2D eigenvalue weighted by molar-refractivity contribution is 6.46. The third-order valence-corrected chi connectivity index (χ3v) is 5.31. The molecular weight excluding hydrogens is 396 g/mol. The average molecular weight is 424 g/mol. The van der Waals surface area contributed by atoms with Gasteiger partial charge >= 0.3 is 0 Å². The summed E-state index contributed by atoms with van der Waals surface area (Å²) in [5.74, 6) is -0.465. The minimum absolute atomic E-state index is 0.0771. The second kappa shape index (κ2) is 9.66. The van der Waals surface area contributed by atoms with Crippen molar-refractivity contribution in [1.29, 1.82) is 0 Å². The minimum Gasteiger partial charge on any atom is -0.507 e. The SMILES string of the molecule is COc1ccc(C2/C(=C(\O)c3ccccc3)C(=O)C(=O)N2CCCN(C)C)cc1OC. The predicted octanol–water partition coefficient (Wildman–Crippen LogP) is 3.08. The molecule has 1 heterocycles. The number of aliphatic hydroxyl groups excluding tert-OH is 1. The van der Waals surface area contributed by atoms with Crippen LogP contribution in [0.4, 0.5) is 0 Å². The van der Waals surface area contributed by atoms with Gasteiger partial charge in [0.15, 0.2) is 11.5 Å². The molecule has 2 aromatic rings. The molecule has 1 aliphatic heterocycles. The largest absolute Gasteiger partial charge is 0.507 e. The highest BCUT2D eigenvalue weighted by atomic mass is 16.5. The molecule has 31 heavy (non-hydrogen) atoms. The molecule has 1 unspecified atom stereocenters. The van der Waals surface area contributed by atoms with Gasteiger partial charge < -0.3 is 24.4 Å². The molecule has 1 fully saturated rings. The van der Waals surface area contributed by atoms with Gasteiger partial charge in [-0.15, -0.1) is 0 Å². The van der Waals surface area contributed by atoms with E-state index in [0.29, 0.717) is 35.6 Å². The molecule has 164 valence electrons. The molecule has 7 heteroatoms. The number of rotatable bonds is 8. The number of amides is 1. The van der Waals surface area contributed by atoms with Gasteiger partial charge in [-0.2, -0.15) is 0 Å². The lowest BCUT2D eigenvalue weighted by Crippen LogP contribution is -2.32. The summed E-state index contributed by atoms with van der Waals surface area (Å²) >= 11 is 0. The summed E-state index contributed by atoms with van der Waals surface area (Å²) in [5.41, 5.74) is 1.23. The Morgan fingerprint density at radius 2 is 1.71 bits per heavy atom. The zero-order chi connectivity index (χ0) is 22.5. The maximum atomic E-state index is 13.0. The summed E-state index contributed by atoms with van der Waals surface area (Å²) in [6.45, 7) is 1.15. The van der Waals surface area contributed by atoms with E-state index in [-0.39, 0.29) is 11.3 Å². The maximum absolute atomic E-state index is 13.0. The van der Waals surface area contributed by atoms with Gasteiger partial charge in [-0.05, 0) is 44.8 Å². The first-order valence-corrected chi connectivity index (χ1v) is 10.1. The summed E-state index contributed by atoms with van der Waals surface area (Å²) < 4.78 is 10.7. The Balaban J connectivity index is 2.13. The van der Waals surface area contributed by atoms with E-state index in [9.17, 15) is 14.7 Å². The van der Waals surface area contributed by atoms with E-state index in [4.69, 9.17) is 9.47 Å². The topological polar surface area (TPSA) is 79.3 Å². The Morgan fingerprint density at radius 1 is 1.03 bits per heavy atom. The van der Waals surface area contributed by atoms with Crippen molar-refractivity contribution < 1.29 is 24.2 Å². The van der Waals surface area contributed by atoms with Gasteiger partial charge in [0.25, 0.3) is 11.7 Å². The first kappa shape index (κ1) is 22.4. The van der Waals surface area contributed by atoms with Crippen molar-refractivity contribution in [1.82, 2.24) is 9.80 Å². The average Bonchev–Trinajstić information content (AvgIpc) is 3.03.